The van der Waals surface area contributed by atoms with Gasteiger partial charge in [-0.2, -0.15) is 31.6 Å². The standard InChI is InChI=1S/C10H4BrF6N/c11-3-5-1-6(4-18)8(10(15,16)17)7(2-5)9(12,13)14/h1-2H,3H2. The number of benzene rings is 1. The fraction of sp³-hybridized carbons (Fsp3) is 0.300. The fourth-order valence-electron chi connectivity index (χ4n) is 1.40. The maximum absolute atomic E-state index is 12.6. The molecule has 0 spiro atoms. The highest BCUT2D eigenvalue weighted by Gasteiger charge is 2.45. The Morgan fingerprint density at radius 2 is 1.61 bits per heavy atom. The number of hydrogen-bond acceptors (Lipinski definition) is 1. The molecule has 1 aromatic rings. The lowest BCUT2D eigenvalue weighted by atomic mass is 9.98. The van der Waals surface area contributed by atoms with Crippen molar-refractivity contribution >= 4 is 15.9 Å². The summed E-state index contributed by atoms with van der Waals surface area (Å²) in [4.78, 5) is 0. The smallest absolute Gasteiger partial charge is 0.192 e. The zero-order chi connectivity index (χ0) is 14.1. The van der Waals surface area contributed by atoms with Crippen molar-refractivity contribution in [3.8, 4) is 6.07 Å². The number of nitriles is 1. The number of halogens is 7. The molecule has 0 saturated heterocycles. The minimum atomic E-state index is -5.24. The van der Waals surface area contributed by atoms with Gasteiger partial charge in [-0.25, -0.2) is 0 Å². The topological polar surface area (TPSA) is 23.8 Å². The molecule has 0 aliphatic carbocycles. The number of alkyl halides is 7. The van der Waals surface area contributed by atoms with Crippen LogP contribution in [0, 0.1) is 11.3 Å². The molecule has 0 amide bonds. The summed E-state index contributed by atoms with van der Waals surface area (Å²) in [6.07, 6.45) is -10.4. The highest BCUT2D eigenvalue weighted by molar-refractivity contribution is 9.08. The minimum Gasteiger partial charge on any atom is -0.192 e. The van der Waals surface area contributed by atoms with E-state index < -0.39 is 29.0 Å². The molecule has 0 atom stereocenters. The molecule has 0 fully saturated rings. The van der Waals surface area contributed by atoms with E-state index in [1.54, 1.807) is 0 Å². The van der Waals surface area contributed by atoms with Crippen LogP contribution in [0.2, 0.25) is 0 Å². The van der Waals surface area contributed by atoms with Crippen molar-refractivity contribution in [3.05, 3.63) is 34.4 Å². The zero-order valence-corrected chi connectivity index (χ0v) is 10.0. The molecule has 0 heterocycles. The molecule has 8 heteroatoms. The van der Waals surface area contributed by atoms with Crippen LogP contribution in [0.4, 0.5) is 26.3 Å². The first-order valence-electron chi connectivity index (χ1n) is 4.38. The van der Waals surface area contributed by atoms with Crippen LogP contribution in [0.15, 0.2) is 12.1 Å². The molecular formula is C10H4BrF6N. The third-order valence-corrected chi connectivity index (χ3v) is 2.71. The molecule has 0 saturated carbocycles. The van der Waals surface area contributed by atoms with Gasteiger partial charge in [0.05, 0.1) is 22.8 Å². The molecule has 0 radical (unpaired) electrons. The first-order valence-corrected chi connectivity index (χ1v) is 5.50. The summed E-state index contributed by atoms with van der Waals surface area (Å²) >= 11 is 2.84. The Bertz CT molecular complexity index is 497. The second-order valence-electron chi connectivity index (χ2n) is 3.31. The van der Waals surface area contributed by atoms with E-state index in [-0.39, 0.29) is 10.9 Å². The second-order valence-corrected chi connectivity index (χ2v) is 3.87. The Kier molecular flexibility index (Phi) is 3.96. The van der Waals surface area contributed by atoms with E-state index >= 15 is 0 Å². The lowest BCUT2D eigenvalue weighted by Crippen LogP contribution is -2.19. The summed E-state index contributed by atoms with van der Waals surface area (Å²) in [5, 5.41) is 8.48. The van der Waals surface area contributed by atoms with Gasteiger partial charge in [0.25, 0.3) is 0 Å². The van der Waals surface area contributed by atoms with Crippen molar-refractivity contribution in [2.24, 2.45) is 0 Å². The van der Waals surface area contributed by atoms with Crippen LogP contribution in [0.1, 0.15) is 22.3 Å². The molecule has 1 nitrogen and oxygen atoms in total. The van der Waals surface area contributed by atoms with Crippen LogP contribution in [-0.4, -0.2) is 0 Å². The van der Waals surface area contributed by atoms with Crippen molar-refractivity contribution in [2.45, 2.75) is 17.7 Å². The number of hydrogen-bond donors (Lipinski definition) is 0. The Morgan fingerprint density at radius 3 is 1.94 bits per heavy atom. The third-order valence-electron chi connectivity index (χ3n) is 2.06. The van der Waals surface area contributed by atoms with E-state index in [0.717, 1.165) is 12.1 Å². The lowest BCUT2D eigenvalue weighted by Gasteiger charge is -2.17. The predicted molar refractivity (Wildman–Crippen MR) is 53.8 cm³/mol. The molecule has 0 bridgehead atoms. The number of rotatable bonds is 1. The van der Waals surface area contributed by atoms with Crippen molar-refractivity contribution in [1.29, 1.82) is 5.26 Å². The van der Waals surface area contributed by atoms with Gasteiger partial charge >= 0.3 is 12.4 Å². The van der Waals surface area contributed by atoms with Gasteiger partial charge in [0.2, 0.25) is 0 Å². The van der Waals surface area contributed by atoms with Crippen LogP contribution in [-0.2, 0) is 17.7 Å². The predicted octanol–water partition coefficient (Wildman–Crippen LogP) is 4.49. The highest BCUT2D eigenvalue weighted by Crippen LogP contribution is 2.42. The quantitative estimate of drug-likeness (QED) is 0.549. The van der Waals surface area contributed by atoms with Crippen LogP contribution < -0.4 is 0 Å². The maximum atomic E-state index is 12.6. The summed E-state index contributed by atoms with van der Waals surface area (Å²) in [6.45, 7) is 0. The molecule has 18 heavy (non-hydrogen) atoms. The maximum Gasteiger partial charge on any atom is 0.418 e. The van der Waals surface area contributed by atoms with Gasteiger partial charge in [-0.1, -0.05) is 15.9 Å². The summed E-state index contributed by atoms with van der Waals surface area (Å²) in [7, 11) is 0. The molecule has 0 unspecified atom stereocenters. The van der Waals surface area contributed by atoms with Gasteiger partial charge in [0.15, 0.2) is 0 Å². The third kappa shape index (κ3) is 2.96. The van der Waals surface area contributed by atoms with Gasteiger partial charge in [-0.05, 0) is 17.7 Å². The largest absolute Gasteiger partial charge is 0.418 e. The van der Waals surface area contributed by atoms with Crippen LogP contribution >= 0.6 is 15.9 Å². The molecule has 0 aliphatic rings. The van der Waals surface area contributed by atoms with E-state index in [1.165, 1.54) is 0 Å². The van der Waals surface area contributed by atoms with Gasteiger partial charge in [0.1, 0.15) is 0 Å². The highest BCUT2D eigenvalue weighted by atomic mass is 79.9. The molecular weight excluding hydrogens is 328 g/mol. The molecule has 0 aliphatic heterocycles. The van der Waals surface area contributed by atoms with Gasteiger partial charge in [0, 0.05) is 5.33 Å². The van der Waals surface area contributed by atoms with Crippen molar-refractivity contribution in [3.63, 3.8) is 0 Å². The molecule has 1 rings (SSSR count). The van der Waals surface area contributed by atoms with Gasteiger partial charge in [-0.3, -0.25) is 0 Å². The van der Waals surface area contributed by atoms with Gasteiger partial charge in [-0.15, -0.1) is 0 Å². The van der Waals surface area contributed by atoms with Gasteiger partial charge < -0.3 is 0 Å². The molecule has 98 valence electrons. The van der Waals surface area contributed by atoms with Crippen molar-refractivity contribution < 1.29 is 26.3 Å². The Labute approximate surface area is 106 Å². The Morgan fingerprint density at radius 1 is 1.06 bits per heavy atom. The first kappa shape index (κ1) is 14.8. The second kappa shape index (κ2) is 4.80. The van der Waals surface area contributed by atoms with E-state index in [9.17, 15) is 26.3 Å². The summed E-state index contributed by atoms with van der Waals surface area (Å²) in [5.41, 5.74) is -4.87. The minimum absolute atomic E-state index is 0.0492. The Balaban J connectivity index is 3.71. The Hall–Kier alpha value is -1.23. The molecule has 0 N–H and O–H groups in total. The monoisotopic (exact) mass is 331 g/mol. The van der Waals surface area contributed by atoms with Crippen molar-refractivity contribution in [2.75, 3.05) is 0 Å². The molecule has 1 aromatic carbocycles. The van der Waals surface area contributed by atoms with E-state index in [1.807, 2.05) is 0 Å². The van der Waals surface area contributed by atoms with Crippen LogP contribution in [0.3, 0.4) is 0 Å². The lowest BCUT2D eigenvalue weighted by molar-refractivity contribution is -0.162. The number of nitrogens with zero attached hydrogens (tertiary/aromatic N) is 1. The first-order chi connectivity index (χ1) is 8.11. The van der Waals surface area contributed by atoms with Crippen LogP contribution in [0.5, 0.6) is 0 Å². The van der Waals surface area contributed by atoms with E-state index in [0.29, 0.717) is 6.07 Å². The summed E-state index contributed by atoms with van der Waals surface area (Å²) < 4.78 is 75.6. The summed E-state index contributed by atoms with van der Waals surface area (Å²) in [5.74, 6) is 0. The van der Waals surface area contributed by atoms with Crippen LogP contribution in [0.25, 0.3) is 0 Å². The normalized spacial score (nSPS) is 12.3. The summed E-state index contributed by atoms with van der Waals surface area (Å²) in [6, 6.07) is 2.32. The fourth-order valence-corrected chi connectivity index (χ4v) is 1.72. The SMILES string of the molecule is N#Cc1cc(CBr)cc(C(F)(F)F)c1C(F)(F)F. The van der Waals surface area contributed by atoms with E-state index in [4.69, 9.17) is 5.26 Å². The average molecular weight is 332 g/mol. The molecule has 0 aromatic heterocycles. The van der Waals surface area contributed by atoms with E-state index in [2.05, 4.69) is 15.9 Å². The average Bonchev–Trinajstić information content (AvgIpc) is 2.24. The zero-order valence-electron chi connectivity index (χ0n) is 8.45. The van der Waals surface area contributed by atoms with Crippen molar-refractivity contribution in [1.82, 2.24) is 0 Å².